The first kappa shape index (κ1) is 19.1. The maximum atomic E-state index is 14.7. The second-order valence-electron chi connectivity index (χ2n) is 6.95. The van der Waals surface area contributed by atoms with Crippen LogP contribution in [0.3, 0.4) is 0 Å². The van der Waals surface area contributed by atoms with Crippen molar-refractivity contribution in [2.75, 3.05) is 6.61 Å². The van der Waals surface area contributed by atoms with Crippen molar-refractivity contribution in [1.29, 1.82) is 0 Å². The smallest absolute Gasteiger partial charge is 0.407 e. The Morgan fingerprint density at radius 1 is 1.56 bits per heavy atom. The molecule has 2 heterocycles. The Kier molecular flexibility index (Phi) is 5.61. The molecule has 0 aromatic carbocycles. The van der Waals surface area contributed by atoms with Crippen LogP contribution in [0, 0.1) is 10.1 Å². The van der Waals surface area contributed by atoms with Gasteiger partial charge in [0.2, 0.25) is 0 Å². The summed E-state index contributed by atoms with van der Waals surface area (Å²) in [7, 11) is 1.54. The van der Waals surface area contributed by atoms with Crippen LogP contribution in [0.4, 0.5) is 14.9 Å². The molecule has 1 amide bonds. The first-order valence-electron chi connectivity index (χ1n) is 8.00. The molecule has 1 aliphatic heterocycles. The lowest BCUT2D eigenvalue weighted by atomic mass is 10.0. The average Bonchev–Trinajstić information content (AvgIpc) is 2.75. The molecule has 1 aromatic rings. The third-order valence-corrected chi connectivity index (χ3v) is 3.79. The summed E-state index contributed by atoms with van der Waals surface area (Å²) in [5, 5.41) is 17.5. The maximum Gasteiger partial charge on any atom is 0.407 e. The van der Waals surface area contributed by atoms with E-state index in [-0.39, 0.29) is 30.8 Å². The van der Waals surface area contributed by atoms with Gasteiger partial charge in [0.25, 0.3) is 0 Å². The zero-order chi connectivity index (χ0) is 18.8. The van der Waals surface area contributed by atoms with Crippen molar-refractivity contribution in [3.63, 3.8) is 0 Å². The standard InChI is InChI=1S/C15H23FN4O5/c1-15(2,3)25-14(21)18-10-5-6-24-12(7-9(10)16)13-11(20(22)23)8-17-19(13)4/h8-10,12H,5-7H2,1-4H3,(H,18,21)/t9?,10-,12+/m1/s1. The van der Waals surface area contributed by atoms with Crippen LogP contribution in [0.2, 0.25) is 0 Å². The van der Waals surface area contributed by atoms with Crippen molar-refractivity contribution < 1.29 is 23.6 Å². The van der Waals surface area contributed by atoms with E-state index in [4.69, 9.17) is 9.47 Å². The van der Waals surface area contributed by atoms with E-state index >= 15 is 0 Å². The van der Waals surface area contributed by atoms with Crippen molar-refractivity contribution in [3.05, 3.63) is 22.0 Å². The Balaban J connectivity index is 2.09. The highest BCUT2D eigenvalue weighted by molar-refractivity contribution is 5.68. The molecule has 0 bridgehead atoms. The third-order valence-electron chi connectivity index (χ3n) is 3.79. The van der Waals surface area contributed by atoms with Crippen molar-refractivity contribution in [2.45, 2.75) is 57.5 Å². The summed E-state index contributed by atoms with van der Waals surface area (Å²) >= 11 is 0. The molecule has 25 heavy (non-hydrogen) atoms. The van der Waals surface area contributed by atoms with Crippen LogP contribution < -0.4 is 5.32 Å². The molecule has 9 nitrogen and oxygen atoms in total. The molecule has 3 atom stereocenters. The van der Waals surface area contributed by atoms with E-state index in [1.165, 1.54) is 4.68 Å². The summed E-state index contributed by atoms with van der Waals surface area (Å²) in [6.07, 6.45) is -1.72. The van der Waals surface area contributed by atoms with Gasteiger partial charge in [-0.1, -0.05) is 0 Å². The highest BCUT2D eigenvalue weighted by Gasteiger charge is 2.36. The molecule has 1 unspecified atom stereocenters. The van der Waals surface area contributed by atoms with Gasteiger partial charge < -0.3 is 14.8 Å². The van der Waals surface area contributed by atoms with Crippen LogP contribution in [-0.2, 0) is 16.5 Å². The van der Waals surface area contributed by atoms with Crippen LogP contribution >= 0.6 is 0 Å². The third kappa shape index (κ3) is 4.88. The van der Waals surface area contributed by atoms with Crippen LogP contribution in [0.25, 0.3) is 0 Å². The lowest BCUT2D eigenvalue weighted by Crippen LogP contribution is -2.44. The molecular weight excluding hydrogens is 335 g/mol. The van der Waals surface area contributed by atoms with E-state index in [2.05, 4.69) is 10.4 Å². The molecule has 1 fully saturated rings. The monoisotopic (exact) mass is 358 g/mol. The van der Waals surface area contributed by atoms with Gasteiger partial charge in [0.1, 0.15) is 29.8 Å². The minimum Gasteiger partial charge on any atom is -0.444 e. The number of hydrogen-bond donors (Lipinski definition) is 1. The van der Waals surface area contributed by atoms with Crippen molar-refractivity contribution in [1.82, 2.24) is 15.1 Å². The number of aryl methyl sites for hydroxylation is 1. The number of nitrogens with zero attached hydrogens (tertiary/aromatic N) is 3. The SMILES string of the molecule is Cn1ncc([N+](=O)[O-])c1[C@@H]1CC(F)[C@H](NC(=O)OC(C)(C)C)CCO1. The lowest BCUT2D eigenvalue weighted by molar-refractivity contribution is -0.386. The Morgan fingerprint density at radius 3 is 2.84 bits per heavy atom. The fourth-order valence-electron chi connectivity index (χ4n) is 2.72. The molecule has 0 radical (unpaired) electrons. The largest absolute Gasteiger partial charge is 0.444 e. The molecule has 1 aliphatic rings. The number of ether oxygens (including phenoxy) is 2. The maximum absolute atomic E-state index is 14.7. The van der Waals surface area contributed by atoms with Gasteiger partial charge >= 0.3 is 11.8 Å². The summed E-state index contributed by atoms with van der Waals surface area (Å²) in [4.78, 5) is 22.4. The lowest BCUT2D eigenvalue weighted by Gasteiger charge is -2.24. The Morgan fingerprint density at radius 2 is 2.24 bits per heavy atom. The van der Waals surface area contributed by atoms with E-state index in [0.29, 0.717) is 0 Å². The highest BCUT2D eigenvalue weighted by atomic mass is 19.1. The topological polar surface area (TPSA) is 109 Å². The summed E-state index contributed by atoms with van der Waals surface area (Å²) in [6.45, 7) is 5.29. The highest BCUT2D eigenvalue weighted by Crippen LogP contribution is 2.34. The fraction of sp³-hybridized carbons (Fsp3) is 0.733. The minimum atomic E-state index is -1.44. The number of amides is 1. The van der Waals surface area contributed by atoms with E-state index in [0.717, 1.165) is 6.20 Å². The van der Waals surface area contributed by atoms with Crippen molar-refractivity contribution >= 4 is 11.8 Å². The number of rotatable bonds is 3. The summed E-state index contributed by atoms with van der Waals surface area (Å²) in [6, 6.07) is -0.785. The second kappa shape index (κ2) is 7.34. The zero-order valence-electron chi connectivity index (χ0n) is 14.7. The van der Waals surface area contributed by atoms with E-state index < -0.39 is 34.9 Å². The fourth-order valence-corrected chi connectivity index (χ4v) is 2.72. The number of alkyl halides is 1. The van der Waals surface area contributed by atoms with Crippen LogP contribution in [0.1, 0.15) is 45.4 Å². The van der Waals surface area contributed by atoms with Gasteiger partial charge in [-0.2, -0.15) is 5.10 Å². The molecular formula is C15H23FN4O5. The van der Waals surface area contributed by atoms with E-state index in [1.807, 2.05) is 0 Å². The summed E-state index contributed by atoms with van der Waals surface area (Å²) < 4.78 is 26.7. The number of nitrogens with one attached hydrogen (secondary N) is 1. The first-order chi connectivity index (χ1) is 11.6. The van der Waals surface area contributed by atoms with Gasteiger partial charge in [-0.05, 0) is 27.2 Å². The Hall–Kier alpha value is -2.23. The molecule has 1 saturated heterocycles. The molecule has 140 valence electrons. The molecule has 2 rings (SSSR count). The number of carbonyl (C=O) groups excluding carboxylic acids is 1. The first-order valence-corrected chi connectivity index (χ1v) is 8.00. The van der Waals surface area contributed by atoms with E-state index in [1.54, 1.807) is 27.8 Å². The Labute approximate surface area is 144 Å². The second-order valence-corrected chi connectivity index (χ2v) is 6.95. The normalized spacial score (nSPS) is 24.4. The zero-order valence-corrected chi connectivity index (χ0v) is 14.7. The van der Waals surface area contributed by atoms with Gasteiger partial charge in [0, 0.05) is 20.1 Å². The number of carbonyl (C=O) groups is 1. The van der Waals surface area contributed by atoms with Crippen LogP contribution in [0.15, 0.2) is 6.20 Å². The van der Waals surface area contributed by atoms with Gasteiger partial charge in [0.05, 0.1) is 11.0 Å². The molecule has 0 spiro atoms. The minimum absolute atomic E-state index is 0.124. The van der Waals surface area contributed by atoms with Crippen molar-refractivity contribution in [3.8, 4) is 0 Å². The van der Waals surface area contributed by atoms with Gasteiger partial charge in [-0.25, -0.2) is 9.18 Å². The van der Waals surface area contributed by atoms with Crippen molar-refractivity contribution in [2.24, 2.45) is 7.05 Å². The number of alkyl carbamates (subject to hydrolysis) is 1. The summed E-state index contributed by atoms with van der Waals surface area (Å²) in [5.74, 6) is 0. The van der Waals surface area contributed by atoms with Crippen LogP contribution in [0.5, 0.6) is 0 Å². The molecule has 1 N–H and O–H groups in total. The predicted octanol–water partition coefficient (Wildman–Crippen LogP) is 2.41. The number of nitro groups is 1. The molecule has 1 aromatic heterocycles. The predicted molar refractivity (Wildman–Crippen MR) is 85.8 cm³/mol. The molecule has 0 saturated carbocycles. The average molecular weight is 358 g/mol. The van der Waals surface area contributed by atoms with Gasteiger partial charge in [-0.3, -0.25) is 14.8 Å². The number of halogens is 1. The van der Waals surface area contributed by atoms with E-state index in [9.17, 15) is 19.3 Å². The molecule has 0 aliphatic carbocycles. The van der Waals surface area contributed by atoms with Gasteiger partial charge in [0.15, 0.2) is 0 Å². The van der Waals surface area contributed by atoms with Crippen LogP contribution in [-0.4, -0.2) is 45.2 Å². The quantitative estimate of drug-likeness (QED) is 0.656. The number of hydrogen-bond acceptors (Lipinski definition) is 6. The number of aromatic nitrogens is 2. The Bertz CT molecular complexity index is 642. The summed E-state index contributed by atoms with van der Waals surface area (Å²) in [5.41, 5.74) is -0.682. The van der Waals surface area contributed by atoms with Gasteiger partial charge in [-0.15, -0.1) is 0 Å². The molecule has 10 heteroatoms.